The number of unbranched alkanes of at least 4 members (excludes halogenated alkanes) is 18. The molecule has 408 valence electrons. The molecule has 0 fully saturated rings. The first-order valence-electron chi connectivity index (χ1n) is 29.5. The Morgan fingerprint density at radius 3 is 1.46 bits per heavy atom. The largest absolute Gasteiger partial charge is 0.485 e. The number of fused-ring (bicyclic) bond motifs is 4. The Hall–Kier alpha value is -7.72. The Bertz CT molecular complexity index is 3580. The lowest BCUT2D eigenvalue weighted by molar-refractivity contribution is 0.372. The number of nitrogens with zero attached hydrogens (tertiary/aromatic N) is 4. The van der Waals surface area contributed by atoms with Crippen molar-refractivity contribution in [2.75, 3.05) is 29.5 Å². The fourth-order valence-corrected chi connectivity index (χ4v) is 11.0. The lowest BCUT2D eigenvalue weighted by Gasteiger charge is -2.25. The molecule has 10 heteroatoms. The first-order chi connectivity index (χ1) is 38.9. The van der Waals surface area contributed by atoms with Gasteiger partial charge in [-0.2, -0.15) is 0 Å². The number of rotatable bonds is 29. The maximum atomic E-state index is 13.8. The second-order valence-corrected chi connectivity index (χ2v) is 21.4. The van der Waals surface area contributed by atoms with E-state index in [4.69, 9.17) is 28.0 Å². The van der Waals surface area contributed by atoms with Crippen LogP contribution in [0.15, 0.2) is 173 Å². The lowest BCUT2D eigenvalue weighted by Crippen LogP contribution is -2.23. The van der Waals surface area contributed by atoms with E-state index in [1.165, 1.54) is 116 Å². The van der Waals surface area contributed by atoms with Crippen molar-refractivity contribution in [2.24, 2.45) is 4.99 Å². The van der Waals surface area contributed by atoms with Crippen LogP contribution in [0.3, 0.4) is 0 Å². The van der Waals surface area contributed by atoms with Gasteiger partial charge in [-0.15, -0.1) is 0 Å². The lowest BCUT2D eigenvalue weighted by atomic mass is 10.0. The van der Waals surface area contributed by atoms with Crippen molar-refractivity contribution in [2.45, 2.75) is 142 Å². The van der Waals surface area contributed by atoms with Gasteiger partial charge in [0.05, 0.1) is 11.3 Å². The smallest absolute Gasteiger partial charge is 0.349 e. The summed E-state index contributed by atoms with van der Waals surface area (Å²) in [6.07, 6.45) is 25.6. The number of aromatic nitrogens is 1. The Morgan fingerprint density at radius 1 is 0.430 bits per heavy atom. The molecule has 0 unspecified atom stereocenters. The molecular formula is C69H76N4O6. The normalized spacial score (nSPS) is 12.3. The molecule has 0 radical (unpaired) electrons. The predicted molar refractivity (Wildman–Crippen MR) is 326 cm³/mol. The van der Waals surface area contributed by atoms with Crippen molar-refractivity contribution < 1.29 is 18.0 Å². The van der Waals surface area contributed by atoms with Crippen molar-refractivity contribution in [3.63, 3.8) is 0 Å². The number of aliphatic imine (C=N–C) groups is 1. The van der Waals surface area contributed by atoms with Crippen LogP contribution in [0, 0.1) is 0 Å². The second kappa shape index (κ2) is 27.2. The van der Waals surface area contributed by atoms with Gasteiger partial charge in [0.1, 0.15) is 40.3 Å². The highest BCUT2D eigenvalue weighted by atomic mass is 16.5. The van der Waals surface area contributed by atoms with Crippen LogP contribution in [-0.4, -0.2) is 30.4 Å². The van der Waals surface area contributed by atoms with Crippen molar-refractivity contribution in [3.8, 4) is 28.3 Å². The molecule has 10 nitrogen and oxygen atoms in total. The van der Waals surface area contributed by atoms with E-state index in [0.29, 0.717) is 45.0 Å². The Morgan fingerprint density at radius 2 is 0.911 bits per heavy atom. The Labute approximate surface area is 465 Å². The van der Waals surface area contributed by atoms with Gasteiger partial charge in [0.2, 0.25) is 5.89 Å². The van der Waals surface area contributed by atoms with Gasteiger partial charge in [0, 0.05) is 58.7 Å². The van der Waals surface area contributed by atoms with E-state index in [9.17, 15) is 9.59 Å². The van der Waals surface area contributed by atoms with Gasteiger partial charge in [-0.3, -0.25) is 0 Å². The number of benzene rings is 6. The fraction of sp³-hybridized carbons (Fsp3) is 0.362. The molecule has 0 saturated heterocycles. The van der Waals surface area contributed by atoms with Gasteiger partial charge < -0.3 is 27.8 Å². The maximum absolute atomic E-state index is 13.8. The first-order valence-corrected chi connectivity index (χ1v) is 29.5. The molecule has 0 atom stereocenters. The third kappa shape index (κ3) is 13.9. The van der Waals surface area contributed by atoms with Gasteiger partial charge in [-0.1, -0.05) is 178 Å². The van der Waals surface area contributed by atoms with Gasteiger partial charge in [-0.25, -0.2) is 19.6 Å². The van der Waals surface area contributed by atoms with Crippen molar-refractivity contribution in [3.05, 3.63) is 172 Å². The third-order valence-electron chi connectivity index (χ3n) is 15.5. The van der Waals surface area contributed by atoms with Crippen LogP contribution in [0.4, 0.5) is 28.4 Å². The maximum Gasteiger partial charge on any atom is 0.349 e. The highest BCUT2D eigenvalue weighted by Gasteiger charge is 2.22. The summed E-state index contributed by atoms with van der Waals surface area (Å²) in [4.78, 5) is 41.9. The summed E-state index contributed by atoms with van der Waals surface area (Å²) >= 11 is 0. The van der Waals surface area contributed by atoms with E-state index < -0.39 is 11.3 Å². The zero-order valence-electron chi connectivity index (χ0n) is 46.4. The molecule has 0 amide bonds. The van der Waals surface area contributed by atoms with Gasteiger partial charge in [-0.05, 0) is 109 Å². The van der Waals surface area contributed by atoms with Crippen LogP contribution < -0.4 is 25.8 Å². The summed E-state index contributed by atoms with van der Waals surface area (Å²) in [5, 5.41) is 1.59. The van der Waals surface area contributed by atoms with Gasteiger partial charge in [0.25, 0.3) is 0 Å². The summed E-state index contributed by atoms with van der Waals surface area (Å²) in [6.45, 7) is 6.40. The molecule has 0 saturated carbocycles. The fourth-order valence-electron chi connectivity index (χ4n) is 11.0. The van der Waals surface area contributed by atoms with Crippen LogP contribution >= 0.6 is 0 Å². The Balaban J connectivity index is 0.816. The zero-order valence-corrected chi connectivity index (χ0v) is 46.4. The highest BCUT2D eigenvalue weighted by Crippen LogP contribution is 2.38. The summed E-state index contributed by atoms with van der Waals surface area (Å²) in [5.41, 5.74) is 8.82. The van der Waals surface area contributed by atoms with E-state index in [2.05, 4.69) is 84.3 Å². The standard InChI is InChI=1S/C69H76N4O6/c1-3-5-7-9-11-13-15-17-19-27-41-72(54-29-23-21-24-30-54)56-37-33-52-43-58(68(74)78-65(52)47-56)62-49-76-63-39-35-50(45-60(63)70-62)51-36-40-64-61(46-51)71-67(77-64)59-44-53-34-38-57(48-66(53)79-69(59)75)73(55-31-25-22-26-32-55)42-28-20-18-16-14-12-10-8-6-4-2/h21-26,29-40,43-48H,3-20,27-28,41-42,49H2,1-2H3. The summed E-state index contributed by atoms with van der Waals surface area (Å²) in [5.74, 6) is 0.808. The topological polar surface area (TPSA) is 115 Å². The molecule has 79 heavy (non-hydrogen) atoms. The van der Waals surface area contributed by atoms with E-state index in [1.807, 2.05) is 78.9 Å². The van der Waals surface area contributed by atoms with Crippen LogP contribution in [0.5, 0.6) is 5.75 Å². The SMILES string of the molecule is CCCCCCCCCCCCN(c1ccccc1)c1ccc2cc(C3=Nc4cc(-c5ccc6oc(-c7cc8ccc(N(CCCCCCCCCCCC)c9ccccc9)cc8oc7=O)nc6c5)ccc4OC3)c(=O)oc2c1. The second-order valence-electron chi connectivity index (χ2n) is 21.4. The summed E-state index contributed by atoms with van der Waals surface area (Å²) in [7, 11) is 0. The van der Waals surface area contributed by atoms with Crippen LogP contribution in [0.25, 0.3) is 55.6 Å². The molecule has 1 aliphatic heterocycles. The molecule has 0 aliphatic carbocycles. The van der Waals surface area contributed by atoms with Crippen molar-refractivity contribution in [1.82, 2.24) is 4.98 Å². The molecule has 1 aliphatic rings. The number of anilines is 4. The number of ether oxygens (including phenoxy) is 1. The molecule has 9 aromatic rings. The molecule has 0 bridgehead atoms. The van der Waals surface area contributed by atoms with Crippen LogP contribution in [0.2, 0.25) is 0 Å². The van der Waals surface area contributed by atoms with Gasteiger partial charge >= 0.3 is 11.3 Å². The van der Waals surface area contributed by atoms with Gasteiger partial charge in [0.15, 0.2) is 5.58 Å². The van der Waals surface area contributed by atoms with E-state index in [-0.39, 0.29) is 18.1 Å². The van der Waals surface area contributed by atoms with Crippen molar-refractivity contribution >= 4 is 67.2 Å². The van der Waals surface area contributed by atoms with Crippen molar-refractivity contribution in [1.29, 1.82) is 0 Å². The molecule has 0 spiro atoms. The Kier molecular flexibility index (Phi) is 18.8. The predicted octanol–water partition coefficient (Wildman–Crippen LogP) is 19.0. The van der Waals surface area contributed by atoms with E-state index >= 15 is 0 Å². The average molecular weight is 1060 g/mol. The van der Waals surface area contributed by atoms with E-state index in [1.54, 1.807) is 6.07 Å². The zero-order chi connectivity index (χ0) is 54.2. The number of oxazole rings is 1. The van der Waals surface area contributed by atoms with Crippen LogP contribution in [-0.2, 0) is 0 Å². The number of para-hydroxylation sites is 2. The number of hydrogen-bond acceptors (Lipinski definition) is 10. The molecule has 10 rings (SSSR count). The first kappa shape index (κ1) is 54.6. The summed E-state index contributed by atoms with van der Waals surface area (Å²) in [6, 6.07) is 48.2. The highest BCUT2D eigenvalue weighted by molar-refractivity contribution is 6.06. The minimum Gasteiger partial charge on any atom is -0.485 e. The summed E-state index contributed by atoms with van der Waals surface area (Å²) < 4.78 is 24.5. The number of hydrogen-bond donors (Lipinski definition) is 0. The monoisotopic (exact) mass is 1060 g/mol. The van der Waals surface area contributed by atoms with Crippen LogP contribution in [0.1, 0.15) is 148 Å². The quantitative estimate of drug-likeness (QED) is 0.0334. The third-order valence-corrected chi connectivity index (χ3v) is 15.5. The average Bonchev–Trinajstić information content (AvgIpc) is 4.01. The molecule has 0 N–H and O–H groups in total. The minimum atomic E-state index is -0.518. The molecule has 4 heterocycles. The molecule has 6 aromatic carbocycles. The molecule has 3 aromatic heterocycles. The van der Waals surface area contributed by atoms with E-state index in [0.717, 1.165) is 70.6 Å². The minimum absolute atomic E-state index is 0.129. The molecular weight excluding hydrogens is 981 g/mol.